The van der Waals surface area contributed by atoms with Crippen molar-refractivity contribution in [2.45, 2.75) is 24.8 Å². The number of rotatable bonds is 3. The molecule has 3 N–H and O–H groups in total. The molecule has 5 nitrogen and oxygen atoms in total. The fourth-order valence-electron chi connectivity index (χ4n) is 1.42. The van der Waals surface area contributed by atoms with E-state index in [1.54, 1.807) is 5.38 Å². The predicted molar refractivity (Wildman–Crippen MR) is 60.3 cm³/mol. The second-order valence-electron chi connectivity index (χ2n) is 3.69. The maximum Gasteiger partial charge on any atom is 0.272 e. The quantitative estimate of drug-likeness (QED) is 0.820. The van der Waals surface area contributed by atoms with E-state index >= 15 is 0 Å². The molecular formula is C8H13ClN4OS. The first-order valence-corrected chi connectivity index (χ1v) is 5.37. The van der Waals surface area contributed by atoms with Gasteiger partial charge < -0.3 is 11.1 Å². The number of nitrogens with two attached hydrogens (primary N) is 1. The molecule has 1 saturated carbocycles. The molecule has 0 radical (unpaired) electrons. The highest BCUT2D eigenvalue weighted by Crippen LogP contribution is 2.28. The van der Waals surface area contributed by atoms with Crippen molar-refractivity contribution in [3.05, 3.63) is 11.1 Å². The van der Waals surface area contributed by atoms with Crippen molar-refractivity contribution >= 4 is 29.8 Å². The summed E-state index contributed by atoms with van der Waals surface area (Å²) < 4.78 is 3.62. The van der Waals surface area contributed by atoms with Gasteiger partial charge in [0.1, 0.15) is 0 Å². The van der Waals surface area contributed by atoms with Crippen LogP contribution in [0, 0.1) is 0 Å². The third-order valence-electron chi connectivity index (χ3n) is 2.54. The number of carbonyl (C=O) groups excluding carboxylic acids is 1. The molecule has 1 fully saturated rings. The number of hydrogen-bond donors (Lipinski definition) is 2. The zero-order valence-corrected chi connectivity index (χ0v) is 9.74. The molecule has 0 aliphatic heterocycles. The van der Waals surface area contributed by atoms with Crippen molar-refractivity contribution in [1.29, 1.82) is 0 Å². The van der Waals surface area contributed by atoms with Crippen molar-refractivity contribution in [1.82, 2.24) is 14.9 Å². The van der Waals surface area contributed by atoms with Crippen LogP contribution in [0.1, 0.15) is 29.8 Å². The van der Waals surface area contributed by atoms with Crippen LogP contribution in [-0.4, -0.2) is 27.6 Å². The molecule has 1 aliphatic rings. The Kier molecular flexibility index (Phi) is 4.01. The number of nitrogens with zero attached hydrogens (tertiary/aromatic N) is 2. The van der Waals surface area contributed by atoms with Gasteiger partial charge in [0.25, 0.3) is 5.91 Å². The third-order valence-corrected chi connectivity index (χ3v) is 3.05. The molecule has 1 amide bonds. The second kappa shape index (κ2) is 4.87. The van der Waals surface area contributed by atoms with Gasteiger partial charge in [-0.2, -0.15) is 0 Å². The molecule has 0 unspecified atom stereocenters. The highest BCUT2D eigenvalue weighted by molar-refractivity contribution is 7.03. The molecule has 0 saturated heterocycles. The highest BCUT2D eigenvalue weighted by atomic mass is 35.5. The van der Waals surface area contributed by atoms with Crippen molar-refractivity contribution in [3.63, 3.8) is 0 Å². The molecule has 0 atom stereocenters. The SMILES string of the molecule is Cl.NC1(CNC(=O)c2csnn2)CCC1. The molecule has 1 aromatic heterocycles. The molecule has 1 aliphatic carbocycles. The topological polar surface area (TPSA) is 80.9 Å². The standard InChI is InChI=1S/C8H12N4OS.ClH/c9-8(2-1-3-8)5-10-7(13)6-4-14-12-11-6;/h4H,1-3,5,9H2,(H,10,13);1H. The van der Waals surface area contributed by atoms with E-state index in [9.17, 15) is 4.79 Å². The van der Waals surface area contributed by atoms with Crippen LogP contribution in [0.15, 0.2) is 5.38 Å². The Bertz CT molecular complexity index is 325. The van der Waals surface area contributed by atoms with Crippen LogP contribution < -0.4 is 11.1 Å². The summed E-state index contributed by atoms with van der Waals surface area (Å²) in [7, 11) is 0. The molecule has 2 rings (SSSR count). The minimum Gasteiger partial charge on any atom is -0.349 e. The van der Waals surface area contributed by atoms with E-state index in [1.165, 1.54) is 11.5 Å². The number of halogens is 1. The Morgan fingerprint density at radius 1 is 1.67 bits per heavy atom. The molecule has 0 spiro atoms. The van der Waals surface area contributed by atoms with Crippen molar-refractivity contribution in [2.75, 3.05) is 6.54 Å². The Labute approximate surface area is 98.0 Å². The van der Waals surface area contributed by atoms with E-state index in [1.807, 2.05) is 0 Å². The molecule has 1 heterocycles. The summed E-state index contributed by atoms with van der Waals surface area (Å²) in [6, 6.07) is 0. The fraction of sp³-hybridized carbons (Fsp3) is 0.625. The summed E-state index contributed by atoms with van der Waals surface area (Å²) >= 11 is 1.17. The van der Waals surface area contributed by atoms with Gasteiger partial charge in [-0.3, -0.25) is 4.79 Å². The molecule has 0 bridgehead atoms. The second-order valence-corrected chi connectivity index (χ2v) is 4.30. The highest BCUT2D eigenvalue weighted by Gasteiger charge is 2.32. The number of nitrogens with one attached hydrogen (secondary N) is 1. The van der Waals surface area contributed by atoms with Crippen LogP contribution in [0.3, 0.4) is 0 Å². The Morgan fingerprint density at radius 3 is 2.87 bits per heavy atom. The monoisotopic (exact) mass is 248 g/mol. The van der Waals surface area contributed by atoms with Crippen molar-refractivity contribution < 1.29 is 4.79 Å². The Morgan fingerprint density at radius 2 is 2.40 bits per heavy atom. The summed E-state index contributed by atoms with van der Waals surface area (Å²) in [5.41, 5.74) is 6.15. The lowest BCUT2D eigenvalue weighted by Gasteiger charge is -2.37. The summed E-state index contributed by atoms with van der Waals surface area (Å²) in [5, 5.41) is 8.07. The van der Waals surface area contributed by atoms with Crippen LogP contribution in [-0.2, 0) is 0 Å². The van der Waals surface area contributed by atoms with E-state index in [2.05, 4.69) is 14.9 Å². The van der Waals surface area contributed by atoms with E-state index in [4.69, 9.17) is 5.73 Å². The van der Waals surface area contributed by atoms with Crippen LogP contribution in [0.25, 0.3) is 0 Å². The maximum atomic E-state index is 11.4. The van der Waals surface area contributed by atoms with Gasteiger partial charge in [-0.25, -0.2) is 0 Å². The minimum atomic E-state index is -0.185. The van der Waals surface area contributed by atoms with Gasteiger partial charge in [-0.05, 0) is 30.8 Å². The summed E-state index contributed by atoms with van der Waals surface area (Å²) in [6.45, 7) is 0.531. The van der Waals surface area contributed by atoms with Crippen LogP contribution in [0.5, 0.6) is 0 Å². The zero-order chi connectivity index (χ0) is 10.0. The molecular weight excluding hydrogens is 236 g/mol. The smallest absolute Gasteiger partial charge is 0.272 e. The summed E-state index contributed by atoms with van der Waals surface area (Å²) in [6.07, 6.45) is 3.13. The third kappa shape index (κ3) is 2.87. The Balaban J connectivity index is 0.00000112. The first kappa shape index (κ1) is 12.4. The van der Waals surface area contributed by atoms with Gasteiger partial charge in [-0.1, -0.05) is 4.49 Å². The summed E-state index contributed by atoms with van der Waals surface area (Å²) in [4.78, 5) is 11.4. The molecule has 84 valence electrons. The minimum absolute atomic E-state index is 0. The molecule has 7 heteroatoms. The average molecular weight is 249 g/mol. The van der Waals surface area contributed by atoms with E-state index in [0.29, 0.717) is 12.2 Å². The lowest BCUT2D eigenvalue weighted by atomic mass is 9.78. The summed E-state index contributed by atoms with van der Waals surface area (Å²) in [5.74, 6) is -0.185. The number of aromatic nitrogens is 2. The number of carbonyl (C=O) groups is 1. The van der Waals surface area contributed by atoms with Crippen LogP contribution in [0.4, 0.5) is 0 Å². The first-order valence-electron chi connectivity index (χ1n) is 4.54. The van der Waals surface area contributed by atoms with Gasteiger partial charge in [0, 0.05) is 17.5 Å². The van der Waals surface area contributed by atoms with Crippen LogP contribution >= 0.6 is 23.9 Å². The van der Waals surface area contributed by atoms with Crippen LogP contribution in [0.2, 0.25) is 0 Å². The zero-order valence-electron chi connectivity index (χ0n) is 8.10. The van der Waals surface area contributed by atoms with Gasteiger partial charge in [0.15, 0.2) is 5.69 Å². The largest absolute Gasteiger partial charge is 0.349 e. The molecule has 0 aromatic carbocycles. The lowest BCUT2D eigenvalue weighted by molar-refractivity contribution is 0.0925. The van der Waals surface area contributed by atoms with Gasteiger partial charge in [0.2, 0.25) is 0 Å². The van der Waals surface area contributed by atoms with E-state index < -0.39 is 0 Å². The molecule has 1 aromatic rings. The molecule has 15 heavy (non-hydrogen) atoms. The van der Waals surface area contributed by atoms with Gasteiger partial charge >= 0.3 is 0 Å². The maximum absolute atomic E-state index is 11.4. The Hall–Kier alpha value is -0.720. The average Bonchev–Trinajstić information content (AvgIpc) is 2.63. The van der Waals surface area contributed by atoms with Gasteiger partial charge in [-0.15, -0.1) is 17.5 Å². The van der Waals surface area contributed by atoms with Crippen molar-refractivity contribution in [2.24, 2.45) is 5.73 Å². The fourth-order valence-corrected chi connectivity index (χ4v) is 1.85. The lowest BCUT2D eigenvalue weighted by Crippen LogP contribution is -2.54. The number of hydrogen-bond acceptors (Lipinski definition) is 5. The number of amides is 1. The van der Waals surface area contributed by atoms with Crippen molar-refractivity contribution in [3.8, 4) is 0 Å². The predicted octanol–water partition coefficient (Wildman–Crippen LogP) is 0.571. The van der Waals surface area contributed by atoms with Gasteiger partial charge in [0.05, 0.1) is 0 Å². The van der Waals surface area contributed by atoms with E-state index in [-0.39, 0.29) is 23.9 Å². The van der Waals surface area contributed by atoms with E-state index in [0.717, 1.165) is 19.3 Å². The first-order chi connectivity index (χ1) is 6.70. The normalized spacial score (nSPS) is 17.4.